The average molecular weight is 411 g/mol. The van der Waals surface area contributed by atoms with Crippen molar-refractivity contribution in [3.63, 3.8) is 0 Å². The summed E-state index contributed by atoms with van der Waals surface area (Å²) in [7, 11) is 5.14. The van der Waals surface area contributed by atoms with Crippen molar-refractivity contribution in [2.45, 2.75) is 31.2 Å². The first-order valence-corrected chi connectivity index (χ1v) is 10.4. The van der Waals surface area contributed by atoms with E-state index in [9.17, 15) is 4.79 Å². The highest BCUT2D eigenvalue weighted by molar-refractivity contribution is 5.81. The number of ether oxygens (including phenoxy) is 3. The fourth-order valence-corrected chi connectivity index (χ4v) is 4.65. The highest BCUT2D eigenvalue weighted by atomic mass is 16.5. The van der Waals surface area contributed by atoms with Crippen molar-refractivity contribution in [3.8, 4) is 5.75 Å². The van der Waals surface area contributed by atoms with Gasteiger partial charge in [-0.1, -0.05) is 36.4 Å². The highest BCUT2D eigenvalue weighted by Crippen LogP contribution is 2.47. The number of benzene rings is 2. The second-order valence-electron chi connectivity index (χ2n) is 8.15. The number of methoxy groups -OCH3 is 2. The Kier molecular flexibility index (Phi) is 6.09. The summed E-state index contributed by atoms with van der Waals surface area (Å²) in [6.07, 6.45) is 0.218. The Morgan fingerprint density at radius 2 is 2.07 bits per heavy atom. The first-order valence-electron chi connectivity index (χ1n) is 10.4. The molecule has 1 saturated heterocycles. The predicted molar refractivity (Wildman–Crippen MR) is 114 cm³/mol. The van der Waals surface area contributed by atoms with Gasteiger partial charge in [0, 0.05) is 40.2 Å². The number of hydrogen-bond donors (Lipinski definition) is 0. The van der Waals surface area contributed by atoms with Crippen molar-refractivity contribution in [2.75, 3.05) is 41.0 Å². The molecule has 2 heterocycles. The summed E-state index contributed by atoms with van der Waals surface area (Å²) in [5, 5.41) is 0. The van der Waals surface area contributed by atoms with Crippen LogP contribution in [-0.4, -0.2) is 62.8 Å². The normalized spacial score (nSPS) is 23.0. The van der Waals surface area contributed by atoms with Crippen molar-refractivity contribution in [3.05, 3.63) is 65.2 Å². The Labute approximate surface area is 178 Å². The summed E-state index contributed by atoms with van der Waals surface area (Å²) in [5.74, 6) is 0.878. The summed E-state index contributed by atoms with van der Waals surface area (Å²) in [6.45, 7) is 3.21. The Morgan fingerprint density at radius 1 is 1.23 bits per heavy atom. The second kappa shape index (κ2) is 8.76. The van der Waals surface area contributed by atoms with Crippen LogP contribution in [-0.2, 0) is 32.9 Å². The van der Waals surface area contributed by atoms with Gasteiger partial charge in [-0.25, -0.2) is 0 Å². The molecule has 30 heavy (non-hydrogen) atoms. The number of hydrogen-bond acceptors (Lipinski definition) is 5. The number of fused-ring (bicyclic) bond motifs is 2. The molecule has 0 aromatic heterocycles. The van der Waals surface area contributed by atoms with Gasteiger partial charge in [0.1, 0.15) is 11.9 Å². The molecule has 0 saturated carbocycles. The summed E-state index contributed by atoms with van der Waals surface area (Å²) in [6, 6.07) is 16.7. The van der Waals surface area contributed by atoms with Crippen molar-refractivity contribution in [2.24, 2.45) is 0 Å². The molecule has 1 spiro atoms. The van der Waals surface area contributed by atoms with Gasteiger partial charge in [-0.3, -0.25) is 9.69 Å². The van der Waals surface area contributed by atoms with Crippen LogP contribution in [0.1, 0.15) is 23.1 Å². The molecule has 2 aromatic carbocycles. The van der Waals surface area contributed by atoms with Crippen LogP contribution in [0.2, 0.25) is 0 Å². The minimum absolute atomic E-state index is 0.0228. The largest absolute Gasteiger partial charge is 0.497 e. The molecular weight excluding hydrogens is 380 g/mol. The quantitative estimate of drug-likeness (QED) is 0.703. The van der Waals surface area contributed by atoms with Gasteiger partial charge in [0.15, 0.2) is 0 Å². The molecule has 160 valence electrons. The van der Waals surface area contributed by atoms with Crippen LogP contribution in [0.5, 0.6) is 5.75 Å². The molecule has 6 nitrogen and oxygen atoms in total. The van der Waals surface area contributed by atoms with Crippen LogP contribution in [0, 0.1) is 0 Å². The van der Waals surface area contributed by atoms with Crippen LogP contribution in [0.15, 0.2) is 48.5 Å². The van der Waals surface area contributed by atoms with E-state index in [0.29, 0.717) is 26.2 Å². The van der Waals surface area contributed by atoms with Gasteiger partial charge in [-0.05, 0) is 28.8 Å². The smallest absolute Gasteiger partial charge is 0.251 e. The lowest BCUT2D eigenvalue weighted by atomic mass is 9.86. The third-order valence-corrected chi connectivity index (χ3v) is 6.32. The SMILES string of the molecule is COCCN(C)C(=O)C1CC2(CO1)c1ccccc1CN2Cc1cccc(OC)c1. The molecule has 2 aliphatic heterocycles. The summed E-state index contributed by atoms with van der Waals surface area (Å²) in [4.78, 5) is 17.1. The number of rotatable bonds is 7. The van der Waals surface area contributed by atoms with E-state index < -0.39 is 6.10 Å². The molecule has 2 aromatic rings. The monoisotopic (exact) mass is 410 g/mol. The van der Waals surface area contributed by atoms with Gasteiger partial charge >= 0.3 is 0 Å². The Morgan fingerprint density at radius 3 is 2.87 bits per heavy atom. The average Bonchev–Trinajstić information content (AvgIpc) is 3.35. The fourth-order valence-electron chi connectivity index (χ4n) is 4.65. The molecule has 4 rings (SSSR count). The van der Waals surface area contributed by atoms with E-state index in [1.807, 2.05) is 19.2 Å². The van der Waals surface area contributed by atoms with Crippen molar-refractivity contribution >= 4 is 5.91 Å². The van der Waals surface area contributed by atoms with E-state index in [2.05, 4.69) is 41.3 Å². The van der Waals surface area contributed by atoms with Gasteiger partial charge in [0.05, 0.1) is 25.9 Å². The van der Waals surface area contributed by atoms with Crippen LogP contribution in [0.3, 0.4) is 0 Å². The topological polar surface area (TPSA) is 51.2 Å². The van der Waals surface area contributed by atoms with Gasteiger partial charge < -0.3 is 19.1 Å². The van der Waals surface area contributed by atoms with Gasteiger partial charge in [-0.15, -0.1) is 0 Å². The van der Waals surface area contributed by atoms with Crippen LogP contribution in [0.4, 0.5) is 0 Å². The number of nitrogens with zero attached hydrogens (tertiary/aromatic N) is 2. The summed E-state index contributed by atoms with van der Waals surface area (Å²) < 4.78 is 16.6. The van der Waals surface area contributed by atoms with Gasteiger partial charge in [-0.2, -0.15) is 0 Å². The minimum atomic E-state index is -0.439. The maximum atomic E-state index is 13.0. The number of carbonyl (C=O) groups is 1. The molecule has 0 aliphatic carbocycles. The Hall–Kier alpha value is -2.41. The van der Waals surface area contributed by atoms with Crippen LogP contribution < -0.4 is 4.74 Å². The number of likely N-dealkylation sites (N-methyl/N-ethyl adjacent to an activating group) is 1. The zero-order chi connectivity index (χ0) is 21.1. The zero-order valence-electron chi connectivity index (χ0n) is 18.0. The van der Waals surface area contributed by atoms with Crippen LogP contribution >= 0.6 is 0 Å². The predicted octanol–water partition coefficient (Wildman–Crippen LogP) is 2.80. The minimum Gasteiger partial charge on any atom is -0.497 e. The molecule has 2 unspecified atom stereocenters. The molecule has 1 amide bonds. The van der Waals surface area contributed by atoms with Gasteiger partial charge in [0.25, 0.3) is 5.91 Å². The third kappa shape index (κ3) is 3.83. The van der Waals surface area contributed by atoms with Crippen LogP contribution in [0.25, 0.3) is 0 Å². The van der Waals surface area contributed by atoms with E-state index in [4.69, 9.17) is 14.2 Å². The lowest BCUT2D eigenvalue weighted by molar-refractivity contribution is -0.140. The summed E-state index contributed by atoms with van der Waals surface area (Å²) in [5.41, 5.74) is 3.49. The molecule has 1 fully saturated rings. The third-order valence-electron chi connectivity index (χ3n) is 6.32. The lowest BCUT2D eigenvalue weighted by Gasteiger charge is -2.35. The maximum absolute atomic E-state index is 13.0. The van der Waals surface area contributed by atoms with Crippen molar-refractivity contribution in [1.82, 2.24) is 9.80 Å². The second-order valence-corrected chi connectivity index (χ2v) is 8.15. The first kappa shape index (κ1) is 20.8. The molecular formula is C24H30N2O4. The first-order chi connectivity index (χ1) is 14.6. The molecule has 6 heteroatoms. The molecule has 2 atom stereocenters. The molecule has 0 bridgehead atoms. The Balaban J connectivity index is 1.59. The molecule has 0 N–H and O–H groups in total. The van der Waals surface area contributed by atoms with E-state index in [1.54, 1.807) is 19.1 Å². The fraction of sp³-hybridized carbons (Fsp3) is 0.458. The number of carbonyl (C=O) groups excluding carboxylic acids is 1. The molecule has 0 radical (unpaired) electrons. The summed E-state index contributed by atoms with van der Waals surface area (Å²) >= 11 is 0. The van der Waals surface area contributed by atoms with Crippen molar-refractivity contribution < 1.29 is 19.0 Å². The van der Waals surface area contributed by atoms with Gasteiger partial charge in [0.2, 0.25) is 0 Å². The maximum Gasteiger partial charge on any atom is 0.251 e. The number of amides is 1. The van der Waals surface area contributed by atoms with Crippen molar-refractivity contribution in [1.29, 1.82) is 0 Å². The van der Waals surface area contributed by atoms with E-state index in [1.165, 1.54) is 16.7 Å². The Bertz CT molecular complexity index is 902. The molecule has 2 aliphatic rings. The zero-order valence-corrected chi connectivity index (χ0v) is 18.0. The van der Waals surface area contributed by atoms with E-state index in [-0.39, 0.29) is 11.4 Å². The lowest BCUT2D eigenvalue weighted by Crippen LogP contribution is -2.43. The van der Waals surface area contributed by atoms with E-state index >= 15 is 0 Å². The highest BCUT2D eigenvalue weighted by Gasteiger charge is 2.52. The standard InChI is InChI=1S/C24H30N2O4/c1-25(11-12-28-2)23(27)22-14-24(17-30-22)21-10-5-4-8-19(21)16-26(24)15-18-7-6-9-20(13-18)29-3/h4-10,13,22H,11-12,14-17H2,1-3H3. The van der Waals surface area contributed by atoms with E-state index in [0.717, 1.165) is 18.8 Å².